The molecule has 20 heavy (non-hydrogen) atoms. The minimum atomic E-state index is -0.0728. The van der Waals surface area contributed by atoms with Gasteiger partial charge in [-0.05, 0) is 66.5 Å². The van der Waals surface area contributed by atoms with Crippen LogP contribution in [0.4, 0.5) is 0 Å². The van der Waals surface area contributed by atoms with E-state index in [0.29, 0.717) is 11.8 Å². The number of fused-ring (bicyclic) bond motifs is 1. The number of carbonyl (C=O) groups is 1. The van der Waals surface area contributed by atoms with Crippen molar-refractivity contribution >= 4 is 44.4 Å². The van der Waals surface area contributed by atoms with Gasteiger partial charge in [0.25, 0.3) is 5.91 Å². The fraction of sp³-hybridized carbons (Fsp3) is 0.533. The van der Waals surface area contributed by atoms with E-state index in [1.165, 1.54) is 0 Å². The van der Waals surface area contributed by atoms with Crippen molar-refractivity contribution in [2.24, 2.45) is 11.8 Å². The maximum atomic E-state index is 12.9. The first kappa shape index (κ1) is 14.8. The summed E-state index contributed by atoms with van der Waals surface area (Å²) in [7, 11) is 0. The molecule has 2 saturated heterocycles. The highest BCUT2D eigenvalue weighted by molar-refractivity contribution is 14.1. The number of amides is 1. The molecule has 0 bridgehead atoms. The third-order valence-electron chi connectivity index (χ3n) is 4.76. The minimum Gasteiger partial charge on any atom is -0.333 e. The van der Waals surface area contributed by atoms with Crippen LogP contribution in [0, 0.1) is 15.4 Å². The molecular formula is C15H18BrIN2O. The minimum absolute atomic E-state index is 0.0728. The van der Waals surface area contributed by atoms with Crippen molar-refractivity contribution in [3.05, 3.63) is 31.8 Å². The summed E-state index contributed by atoms with van der Waals surface area (Å²) in [6.07, 6.45) is 0. The second-order valence-electron chi connectivity index (χ2n) is 6.22. The largest absolute Gasteiger partial charge is 0.333 e. The van der Waals surface area contributed by atoms with Crippen molar-refractivity contribution in [3.63, 3.8) is 0 Å². The molecule has 1 aromatic carbocycles. The molecule has 3 rings (SSSR count). The van der Waals surface area contributed by atoms with Crippen LogP contribution in [0.3, 0.4) is 0 Å². The Labute approximate surface area is 141 Å². The maximum absolute atomic E-state index is 12.9. The molecule has 5 heteroatoms. The Bertz CT molecular complexity index is 561. The highest BCUT2D eigenvalue weighted by Gasteiger charge is 2.51. The number of likely N-dealkylation sites (tertiary alicyclic amines) is 1. The van der Waals surface area contributed by atoms with E-state index in [2.05, 4.69) is 62.6 Å². The van der Waals surface area contributed by atoms with Gasteiger partial charge in [-0.3, -0.25) is 4.79 Å². The summed E-state index contributed by atoms with van der Waals surface area (Å²) in [5, 5.41) is 3.45. The van der Waals surface area contributed by atoms with E-state index in [1.54, 1.807) is 0 Å². The van der Waals surface area contributed by atoms with Gasteiger partial charge >= 0.3 is 0 Å². The van der Waals surface area contributed by atoms with Crippen molar-refractivity contribution < 1.29 is 4.79 Å². The summed E-state index contributed by atoms with van der Waals surface area (Å²) >= 11 is 5.71. The molecule has 1 N–H and O–H groups in total. The van der Waals surface area contributed by atoms with Gasteiger partial charge < -0.3 is 10.2 Å². The van der Waals surface area contributed by atoms with E-state index in [4.69, 9.17) is 0 Å². The second-order valence-corrected chi connectivity index (χ2v) is 8.30. The molecule has 0 radical (unpaired) electrons. The van der Waals surface area contributed by atoms with Gasteiger partial charge in [0.15, 0.2) is 0 Å². The van der Waals surface area contributed by atoms with E-state index in [-0.39, 0.29) is 11.4 Å². The Kier molecular flexibility index (Phi) is 3.88. The zero-order valence-electron chi connectivity index (χ0n) is 11.6. The van der Waals surface area contributed by atoms with Gasteiger partial charge in [-0.15, -0.1) is 0 Å². The standard InChI is InChI=1S/C15H18BrIN2O/c1-15(2)12-7-18-6-9(12)8-19(15)14(20)11-5-10(16)3-4-13(11)17/h3-5,9,12,18H,6-8H2,1-2H3. The number of nitrogens with one attached hydrogen (secondary N) is 1. The highest BCUT2D eigenvalue weighted by Crippen LogP contribution is 2.41. The summed E-state index contributed by atoms with van der Waals surface area (Å²) < 4.78 is 1.97. The molecule has 2 unspecified atom stereocenters. The van der Waals surface area contributed by atoms with Gasteiger partial charge in [-0.2, -0.15) is 0 Å². The van der Waals surface area contributed by atoms with Gasteiger partial charge in [-0.25, -0.2) is 0 Å². The van der Waals surface area contributed by atoms with Crippen LogP contribution in [0.1, 0.15) is 24.2 Å². The van der Waals surface area contributed by atoms with E-state index < -0.39 is 0 Å². The zero-order valence-corrected chi connectivity index (χ0v) is 15.4. The second kappa shape index (κ2) is 5.25. The first-order chi connectivity index (χ1) is 9.41. The molecule has 2 aliphatic heterocycles. The molecule has 0 aliphatic carbocycles. The van der Waals surface area contributed by atoms with Crippen LogP contribution in [0.5, 0.6) is 0 Å². The van der Waals surface area contributed by atoms with Crippen LogP contribution in [0.2, 0.25) is 0 Å². The molecule has 2 heterocycles. The lowest BCUT2D eigenvalue weighted by molar-refractivity contribution is 0.0602. The van der Waals surface area contributed by atoms with Crippen LogP contribution in [-0.2, 0) is 0 Å². The molecule has 3 nitrogen and oxygen atoms in total. The third-order valence-corrected chi connectivity index (χ3v) is 6.20. The van der Waals surface area contributed by atoms with Gasteiger partial charge in [-0.1, -0.05) is 15.9 Å². The summed E-state index contributed by atoms with van der Waals surface area (Å²) in [4.78, 5) is 15.0. The van der Waals surface area contributed by atoms with Crippen molar-refractivity contribution in [1.82, 2.24) is 10.2 Å². The van der Waals surface area contributed by atoms with Gasteiger partial charge in [0.1, 0.15) is 0 Å². The van der Waals surface area contributed by atoms with Crippen LogP contribution in [0.15, 0.2) is 22.7 Å². The number of rotatable bonds is 1. The predicted octanol–water partition coefficient (Wildman–Crippen LogP) is 3.12. The van der Waals surface area contributed by atoms with E-state index in [1.807, 2.05) is 18.2 Å². The average molecular weight is 449 g/mol. The summed E-state index contributed by atoms with van der Waals surface area (Å²) in [6.45, 7) is 7.33. The first-order valence-corrected chi connectivity index (χ1v) is 8.76. The normalized spacial score (nSPS) is 27.7. The molecule has 2 aliphatic rings. The van der Waals surface area contributed by atoms with Crippen molar-refractivity contribution in [3.8, 4) is 0 Å². The molecule has 1 aromatic rings. The lowest BCUT2D eigenvalue weighted by Crippen LogP contribution is -2.47. The van der Waals surface area contributed by atoms with Crippen molar-refractivity contribution in [2.75, 3.05) is 19.6 Å². The molecule has 2 atom stereocenters. The Morgan fingerprint density at radius 1 is 1.45 bits per heavy atom. The van der Waals surface area contributed by atoms with Crippen LogP contribution >= 0.6 is 38.5 Å². The number of benzene rings is 1. The van der Waals surface area contributed by atoms with Gasteiger partial charge in [0.2, 0.25) is 0 Å². The lowest BCUT2D eigenvalue weighted by atomic mass is 9.84. The zero-order chi connectivity index (χ0) is 14.5. The quantitative estimate of drug-likeness (QED) is 0.669. The SMILES string of the molecule is CC1(C)C2CNCC2CN1C(=O)c1cc(Br)ccc1I. The predicted molar refractivity (Wildman–Crippen MR) is 91.8 cm³/mol. The summed E-state index contributed by atoms with van der Waals surface area (Å²) in [6, 6.07) is 5.90. The number of hydrogen-bond donors (Lipinski definition) is 1. The molecule has 0 aromatic heterocycles. The fourth-order valence-corrected chi connectivity index (χ4v) is 4.50. The molecule has 108 valence electrons. The number of halogens is 2. The van der Waals surface area contributed by atoms with Crippen molar-refractivity contribution in [2.45, 2.75) is 19.4 Å². The van der Waals surface area contributed by atoms with Crippen molar-refractivity contribution in [1.29, 1.82) is 0 Å². The van der Waals surface area contributed by atoms with E-state index in [9.17, 15) is 4.79 Å². The lowest BCUT2D eigenvalue weighted by Gasteiger charge is -2.36. The Morgan fingerprint density at radius 3 is 2.90 bits per heavy atom. The number of carbonyl (C=O) groups excluding carboxylic acids is 1. The number of hydrogen-bond acceptors (Lipinski definition) is 2. The summed E-state index contributed by atoms with van der Waals surface area (Å²) in [5.74, 6) is 1.32. The Morgan fingerprint density at radius 2 is 2.20 bits per heavy atom. The highest BCUT2D eigenvalue weighted by atomic mass is 127. The Balaban J connectivity index is 1.93. The van der Waals surface area contributed by atoms with Crippen LogP contribution in [0.25, 0.3) is 0 Å². The third kappa shape index (κ3) is 2.31. The van der Waals surface area contributed by atoms with Crippen LogP contribution in [-0.4, -0.2) is 36.0 Å². The van der Waals surface area contributed by atoms with Crippen LogP contribution < -0.4 is 5.32 Å². The molecule has 0 spiro atoms. The smallest absolute Gasteiger partial charge is 0.255 e. The molecule has 2 fully saturated rings. The van der Waals surface area contributed by atoms with E-state index >= 15 is 0 Å². The molecular weight excluding hydrogens is 431 g/mol. The Hall–Kier alpha value is -0.140. The maximum Gasteiger partial charge on any atom is 0.255 e. The average Bonchev–Trinajstić information content (AvgIpc) is 2.94. The van der Waals surface area contributed by atoms with Gasteiger partial charge in [0.05, 0.1) is 5.56 Å². The fourth-order valence-electron chi connectivity index (χ4n) is 3.57. The molecule has 1 amide bonds. The summed E-state index contributed by atoms with van der Waals surface area (Å²) in [5.41, 5.74) is 0.734. The topological polar surface area (TPSA) is 32.3 Å². The van der Waals surface area contributed by atoms with Gasteiger partial charge in [0, 0.05) is 33.2 Å². The monoisotopic (exact) mass is 448 g/mol. The molecule has 0 saturated carbocycles. The first-order valence-electron chi connectivity index (χ1n) is 6.89. The van der Waals surface area contributed by atoms with E-state index in [0.717, 1.165) is 33.2 Å². The number of nitrogens with zero attached hydrogens (tertiary/aromatic N) is 1.